The zero-order valence-corrected chi connectivity index (χ0v) is 26.0. The summed E-state index contributed by atoms with van der Waals surface area (Å²) in [5, 5.41) is 11.0. The van der Waals surface area contributed by atoms with Crippen molar-refractivity contribution in [2.75, 3.05) is 13.6 Å². The van der Waals surface area contributed by atoms with Crippen molar-refractivity contribution in [1.82, 2.24) is 4.90 Å². The van der Waals surface area contributed by atoms with E-state index in [4.69, 9.17) is 0 Å². The molecule has 1 N–H and O–H groups in total. The van der Waals surface area contributed by atoms with E-state index in [1.54, 1.807) is 0 Å². The first-order chi connectivity index (χ1) is 18.7. The number of aliphatic hydroxyl groups is 1. The SMILES string of the molecule is CCCCN(C)C(=O)CCCCCCCCCCC1CC2CC(=O)CC[C@]2(C)[C@@H]2CC[C@]3(C)C(O)CC[C@H]3[C@H]12. The highest BCUT2D eigenvalue weighted by Crippen LogP contribution is 2.67. The van der Waals surface area contributed by atoms with Gasteiger partial charge in [0.25, 0.3) is 0 Å². The van der Waals surface area contributed by atoms with E-state index in [1.165, 1.54) is 77.0 Å². The predicted molar refractivity (Wildman–Crippen MR) is 160 cm³/mol. The number of nitrogens with zero attached hydrogens (tertiary/aromatic N) is 1. The maximum absolute atomic E-state index is 12.5. The molecule has 8 atom stereocenters. The van der Waals surface area contributed by atoms with Crippen LogP contribution in [0.2, 0.25) is 0 Å². The third-order valence-electron chi connectivity index (χ3n) is 12.6. The minimum Gasteiger partial charge on any atom is -0.393 e. The monoisotopic (exact) mass is 543 g/mol. The molecule has 0 aromatic carbocycles. The number of unbranched alkanes of at least 4 members (excludes halogenated alkanes) is 8. The van der Waals surface area contributed by atoms with Crippen molar-refractivity contribution in [2.45, 2.75) is 155 Å². The van der Waals surface area contributed by atoms with Crippen LogP contribution in [0, 0.1) is 40.4 Å². The minimum absolute atomic E-state index is 0.109. The van der Waals surface area contributed by atoms with Crippen LogP contribution in [0.3, 0.4) is 0 Å². The third kappa shape index (κ3) is 6.95. The molecule has 3 unspecified atom stereocenters. The van der Waals surface area contributed by atoms with Crippen LogP contribution >= 0.6 is 0 Å². The Kier molecular flexibility index (Phi) is 11.0. The van der Waals surface area contributed by atoms with Gasteiger partial charge < -0.3 is 10.0 Å². The van der Waals surface area contributed by atoms with Crippen molar-refractivity contribution >= 4 is 11.7 Å². The van der Waals surface area contributed by atoms with E-state index >= 15 is 0 Å². The van der Waals surface area contributed by atoms with Crippen LogP contribution in [-0.2, 0) is 9.59 Å². The Morgan fingerprint density at radius 2 is 1.56 bits per heavy atom. The fourth-order valence-electron chi connectivity index (χ4n) is 9.94. The normalized spacial score (nSPS) is 37.7. The molecule has 4 nitrogen and oxygen atoms in total. The van der Waals surface area contributed by atoms with E-state index in [9.17, 15) is 14.7 Å². The van der Waals surface area contributed by atoms with Gasteiger partial charge in [-0.15, -0.1) is 0 Å². The first kappa shape index (κ1) is 31.0. The van der Waals surface area contributed by atoms with Gasteiger partial charge in [0.1, 0.15) is 5.78 Å². The van der Waals surface area contributed by atoms with Crippen LogP contribution in [0.15, 0.2) is 0 Å². The molecule has 0 spiro atoms. The number of carbonyl (C=O) groups is 2. The van der Waals surface area contributed by atoms with Gasteiger partial charge in [-0.2, -0.15) is 0 Å². The maximum Gasteiger partial charge on any atom is 0.222 e. The molecule has 4 fully saturated rings. The van der Waals surface area contributed by atoms with Crippen molar-refractivity contribution in [3.05, 3.63) is 0 Å². The average Bonchev–Trinajstić information content (AvgIpc) is 3.22. The highest BCUT2D eigenvalue weighted by Gasteiger charge is 2.62. The summed E-state index contributed by atoms with van der Waals surface area (Å²) in [6.45, 7) is 8.03. The second-order valence-electron chi connectivity index (χ2n) is 14.9. The molecular formula is C35H61NO3. The van der Waals surface area contributed by atoms with E-state index < -0.39 is 0 Å². The Morgan fingerprint density at radius 1 is 0.897 bits per heavy atom. The van der Waals surface area contributed by atoms with E-state index in [1.807, 2.05) is 11.9 Å². The molecule has 0 aliphatic heterocycles. The summed E-state index contributed by atoms with van der Waals surface area (Å²) in [4.78, 5) is 26.6. The van der Waals surface area contributed by atoms with Gasteiger partial charge in [-0.05, 0) is 91.8 Å². The molecule has 0 saturated heterocycles. The lowest BCUT2D eigenvalue weighted by Crippen LogP contribution is -2.57. The predicted octanol–water partition coefficient (Wildman–Crippen LogP) is 8.34. The van der Waals surface area contributed by atoms with Crippen molar-refractivity contribution in [3.8, 4) is 0 Å². The molecule has 0 bridgehead atoms. The molecule has 0 aromatic heterocycles. The van der Waals surface area contributed by atoms with Gasteiger partial charge >= 0.3 is 0 Å². The standard InChI is InChI=1S/C35H61NO3/c1-5-6-23-36(4)32(39)16-14-12-10-8-7-9-11-13-15-26-24-27-25-28(37)19-21-34(27,2)30-20-22-35(3)29(33(26)30)17-18-31(35)38/h26-27,29-31,33,38H,5-25H2,1-4H3/t26?,27?,29-,30+,31?,33-,34-,35-/m0/s1. The number of Topliss-reactive ketones (excluding diaryl/α,β-unsaturated/α-hetero) is 1. The lowest BCUT2D eigenvalue weighted by atomic mass is 9.42. The van der Waals surface area contributed by atoms with Crippen LogP contribution in [-0.4, -0.2) is 41.4 Å². The Labute approximate surface area is 240 Å². The van der Waals surface area contributed by atoms with E-state index in [-0.39, 0.29) is 11.5 Å². The van der Waals surface area contributed by atoms with Gasteiger partial charge in [0, 0.05) is 32.9 Å². The van der Waals surface area contributed by atoms with Crippen molar-refractivity contribution in [3.63, 3.8) is 0 Å². The zero-order chi connectivity index (χ0) is 28.0. The average molecular weight is 544 g/mol. The Balaban J connectivity index is 1.19. The summed E-state index contributed by atoms with van der Waals surface area (Å²) in [5.74, 6) is 4.39. The molecular weight excluding hydrogens is 482 g/mol. The van der Waals surface area contributed by atoms with Gasteiger partial charge in [-0.1, -0.05) is 78.6 Å². The lowest BCUT2D eigenvalue weighted by molar-refractivity contribution is -0.156. The highest BCUT2D eigenvalue weighted by molar-refractivity contribution is 5.79. The Bertz CT molecular complexity index is 812. The summed E-state index contributed by atoms with van der Waals surface area (Å²) >= 11 is 0. The number of hydrogen-bond acceptors (Lipinski definition) is 3. The second-order valence-corrected chi connectivity index (χ2v) is 14.9. The fourth-order valence-corrected chi connectivity index (χ4v) is 9.94. The van der Waals surface area contributed by atoms with E-state index in [0.29, 0.717) is 35.4 Å². The first-order valence-corrected chi connectivity index (χ1v) is 17.1. The summed E-state index contributed by atoms with van der Waals surface area (Å²) < 4.78 is 0. The minimum atomic E-state index is -0.109. The molecule has 0 radical (unpaired) electrons. The van der Waals surface area contributed by atoms with Gasteiger partial charge in [0.15, 0.2) is 0 Å². The molecule has 4 heteroatoms. The van der Waals surface area contributed by atoms with Gasteiger partial charge in [-0.3, -0.25) is 9.59 Å². The van der Waals surface area contributed by atoms with Crippen LogP contribution in [0.25, 0.3) is 0 Å². The number of fused-ring (bicyclic) bond motifs is 5. The number of rotatable bonds is 14. The summed E-state index contributed by atoms with van der Waals surface area (Å²) in [7, 11) is 1.95. The molecule has 0 heterocycles. The molecule has 39 heavy (non-hydrogen) atoms. The first-order valence-electron chi connectivity index (χ1n) is 17.1. The van der Waals surface area contributed by atoms with Gasteiger partial charge in [0.05, 0.1) is 6.10 Å². The molecule has 224 valence electrons. The van der Waals surface area contributed by atoms with Gasteiger partial charge in [0.2, 0.25) is 5.91 Å². The second kappa shape index (κ2) is 13.8. The van der Waals surface area contributed by atoms with Crippen molar-refractivity contribution < 1.29 is 14.7 Å². The summed E-state index contributed by atoms with van der Waals surface area (Å²) in [6.07, 6.45) is 23.0. The highest BCUT2D eigenvalue weighted by atomic mass is 16.3. The fraction of sp³-hybridized carbons (Fsp3) is 0.943. The topological polar surface area (TPSA) is 57.6 Å². The molecule has 4 saturated carbocycles. The number of hydrogen-bond donors (Lipinski definition) is 1. The van der Waals surface area contributed by atoms with Crippen molar-refractivity contribution in [1.29, 1.82) is 0 Å². The van der Waals surface area contributed by atoms with Gasteiger partial charge in [-0.25, -0.2) is 0 Å². The van der Waals surface area contributed by atoms with E-state index in [0.717, 1.165) is 69.2 Å². The maximum atomic E-state index is 12.5. The molecule has 4 aliphatic carbocycles. The Morgan fingerprint density at radius 3 is 2.28 bits per heavy atom. The lowest BCUT2D eigenvalue weighted by Gasteiger charge is -2.62. The number of carbonyl (C=O) groups excluding carboxylic acids is 2. The summed E-state index contributed by atoms with van der Waals surface area (Å²) in [5.41, 5.74) is 0.474. The van der Waals surface area contributed by atoms with Crippen LogP contribution < -0.4 is 0 Å². The number of aliphatic hydroxyl groups excluding tert-OH is 1. The van der Waals surface area contributed by atoms with Crippen molar-refractivity contribution in [2.24, 2.45) is 40.4 Å². The van der Waals surface area contributed by atoms with Crippen LogP contribution in [0.4, 0.5) is 0 Å². The zero-order valence-electron chi connectivity index (χ0n) is 26.0. The van der Waals surface area contributed by atoms with E-state index in [2.05, 4.69) is 20.8 Å². The quantitative estimate of drug-likeness (QED) is 0.224. The van der Waals surface area contributed by atoms with Crippen LogP contribution in [0.1, 0.15) is 149 Å². The molecule has 1 amide bonds. The summed E-state index contributed by atoms with van der Waals surface area (Å²) in [6, 6.07) is 0. The molecule has 4 aliphatic rings. The third-order valence-corrected chi connectivity index (χ3v) is 12.6. The molecule has 0 aromatic rings. The Hall–Kier alpha value is -0.900. The number of ketones is 1. The smallest absolute Gasteiger partial charge is 0.222 e. The van der Waals surface area contributed by atoms with Crippen LogP contribution in [0.5, 0.6) is 0 Å². The number of amides is 1. The molecule has 4 rings (SSSR count). The largest absolute Gasteiger partial charge is 0.393 e.